The fraction of sp³-hybridized carbons (Fsp3) is 0.469. The Kier molecular flexibility index (Phi) is 9.22. The third-order valence-electron chi connectivity index (χ3n) is 7.85. The molecule has 2 aliphatic rings. The summed E-state index contributed by atoms with van der Waals surface area (Å²) in [5.74, 6) is 0.476. The van der Waals surface area contributed by atoms with E-state index in [9.17, 15) is 9.59 Å². The van der Waals surface area contributed by atoms with E-state index in [2.05, 4.69) is 36.1 Å². The van der Waals surface area contributed by atoms with Crippen LogP contribution < -0.4 is 4.90 Å². The van der Waals surface area contributed by atoms with E-state index in [1.54, 1.807) is 0 Å². The van der Waals surface area contributed by atoms with Gasteiger partial charge in [0.2, 0.25) is 5.91 Å². The Balaban J connectivity index is 1.51. The molecule has 5 rings (SSSR count). The van der Waals surface area contributed by atoms with Gasteiger partial charge in [-0.2, -0.15) is 5.10 Å². The molecule has 0 atom stereocenters. The van der Waals surface area contributed by atoms with Crippen LogP contribution in [0.5, 0.6) is 0 Å². The second-order valence-electron chi connectivity index (χ2n) is 11.0. The average Bonchev–Trinajstić information content (AvgIpc) is 3.72. The highest BCUT2D eigenvalue weighted by molar-refractivity contribution is 6.31. The average molecular weight is 562 g/mol. The number of amides is 2. The first-order chi connectivity index (χ1) is 19.5. The van der Waals surface area contributed by atoms with Crippen LogP contribution in [0.25, 0.3) is 0 Å². The lowest BCUT2D eigenvalue weighted by Gasteiger charge is -2.28. The summed E-state index contributed by atoms with van der Waals surface area (Å²) >= 11 is 6.47. The molecular weight excluding hydrogens is 522 g/mol. The first-order valence-corrected chi connectivity index (χ1v) is 15.1. The van der Waals surface area contributed by atoms with Crippen LogP contribution in [-0.4, -0.2) is 57.6 Å². The van der Waals surface area contributed by atoms with Crippen LogP contribution in [0.4, 0.5) is 5.69 Å². The van der Waals surface area contributed by atoms with Crippen molar-refractivity contribution in [3.63, 3.8) is 0 Å². The summed E-state index contributed by atoms with van der Waals surface area (Å²) in [7, 11) is 0. The van der Waals surface area contributed by atoms with Gasteiger partial charge in [-0.25, -0.2) is 0 Å². The van der Waals surface area contributed by atoms with Crippen LogP contribution in [0.2, 0.25) is 5.02 Å². The summed E-state index contributed by atoms with van der Waals surface area (Å²) in [6.45, 7) is 8.77. The molecule has 0 bridgehead atoms. The lowest BCUT2D eigenvalue weighted by atomic mass is 10.1. The Morgan fingerprint density at radius 1 is 1.00 bits per heavy atom. The standard InChI is InChI=1S/C32H40ClN5O2/c1-3-9-30(39)38-17-8-16-35(21-24-10-6-5-7-11-24)18-19-36(22-26-14-15-27(33)20-29(26)38)32(40)28-23-37(4-2)34-31(28)25-12-13-25/h5-7,10-11,14-15,20,23,25H,3-4,8-9,12-13,16-19,21-22H2,1-2H3. The number of hydrogen-bond acceptors (Lipinski definition) is 4. The largest absolute Gasteiger partial charge is 0.333 e. The Morgan fingerprint density at radius 2 is 1.80 bits per heavy atom. The van der Waals surface area contributed by atoms with Crippen molar-refractivity contribution in [2.24, 2.45) is 0 Å². The van der Waals surface area contributed by atoms with Crippen molar-refractivity contribution in [2.45, 2.75) is 71.5 Å². The molecule has 40 heavy (non-hydrogen) atoms. The van der Waals surface area contributed by atoms with Crippen molar-refractivity contribution in [3.8, 4) is 0 Å². The van der Waals surface area contributed by atoms with Gasteiger partial charge in [-0.05, 0) is 55.9 Å². The van der Waals surface area contributed by atoms with Gasteiger partial charge in [-0.15, -0.1) is 0 Å². The number of anilines is 1. The van der Waals surface area contributed by atoms with E-state index in [-0.39, 0.29) is 11.8 Å². The van der Waals surface area contributed by atoms with Crippen molar-refractivity contribution in [2.75, 3.05) is 31.1 Å². The molecule has 2 amide bonds. The molecule has 1 saturated carbocycles. The Labute approximate surface area is 242 Å². The second kappa shape index (κ2) is 13.0. The third-order valence-corrected chi connectivity index (χ3v) is 8.09. The minimum Gasteiger partial charge on any atom is -0.333 e. The van der Waals surface area contributed by atoms with Gasteiger partial charge in [0.25, 0.3) is 5.91 Å². The predicted octanol–water partition coefficient (Wildman–Crippen LogP) is 6.12. The first-order valence-electron chi connectivity index (χ1n) is 14.7. The summed E-state index contributed by atoms with van der Waals surface area (Å²) in [5, 5.41) is 5.36. The normalized spacial score (nSPS) is 16.9. The molecule has 0 radical (unpaired) electrons. The molecule has 0 spiro atoms. The van der Waals surface area contributed by atoms with Crippen molar-refractivity contribution < 1.29 is 9.59 Å². The maximum atomic E-state index is 14.2. The zero-order valence-corrected chi connectivity index (χ0v) is 24.4. The van der Waals surface area contributed by atoms with E-state index in [1.807, 2.05) is 51.9 Å². The lowest BCUT2D eigenvalue weighted by Crippen LogP contribution is -2.38. The molecule has 0 N–H and O–H groups in total. The maximum Gasteiger partial charge on any atom is 0.257 e. The monoisotopic (exact) mass is 561 g/mol. The smallest absolute Gasteiger partial charge is 0.257 e. The molecule has 1 aromatic heterocycles. The minimum atomic E-state index is 0.00726. The van der Waals surface area contributed by atoms with Gasteiger partial charge < -0.3 is 9.80 Å². The molecule has 212 valence electrons. The molecule has 0 saturated heterocycles. The maximum absolute atomic E-state index is 14.2. The molecule has 8 heteroatoms. The fourth-order valence-corrected chi connectivity index (χ4v) is 5.69. The number of halogens is 1. The zero-order valence-electron chi connectivity index (χ0n) is 23.7. The molecule has 1 aliphatic heterocycles. The van der Waals surface area contributed by atoms with E-state index in [4.69, 9.17) is 16.7 Å². The minimum absolute atomic E-state index is 0.00726. The van der Waals surface area contributed by atoms with Gasteiger partial charge in [0.1, 0.15) is 0 Å². The van der Waals surface area contributed by atoms with Crippen molar-refractivity contribution >= 4 is 29.1 Å². The summed E-state index contributed by atoms with van der Waals surface area (Å²) in [5.41, 5.74) is 4.63. The number of nitrogens with zero attached hydrogens (tertiary/aromatic N) is 5. The van der Waals surface area contributed by atoms with E-state index in [0.29, 0.717) is 42.6 Å². The van der Waals surface area contributed by atoms with Crippen molar-refractivity contribution in [1.29, 1.82) is 0 Å². The summed E-state index contributed by atoms with van der Waals surface area (Å²) in [6, 6.07) is 16.2. The van der Waals surface area contributed by atoms with Crippen LogP contribution >= 0.6 is 11.6 Å². The number of aromatic nitrogens is 2. The second-order valence-corrected chi connectivity index (χ2v) is 11.4. The third kappa shape index (κ3) is 6.76. The van der Waals surface area contributed by atoms with Crippen LogP contribution in [0.3, 0.4) is 0 Å². The van der Waals surface area contributed by atoms with Crippen LogP contribution in [0.15, 0.2) is 54.7 Å². The first kappa shape index (κ1) is 28.4. The Morgan fingerprint density at radius 3 is 2.52 bits per heavy atom. The Bertz CT molecular complexity index is 1320. The lowest BCUT2D eigenvalue weighted by molar-refractivity contribution is -0.118. The van der Waals surface area contributed by atoms with Gasteiger partial charge in [0.15, 0.2) is 0 Å². The predicted molar refractivity (Wildman–Crippen MR) is 160 cm³/mol. The van der Waals surface area contributed by atoms with E-state index >= 15 is 0 Å². The van der Waals surface area contributed by atoms with E-state index in [1.165, 1.54) is 5.56 Å². The van der Waals surface area contributed by atoms with Gasteiger partial charge >= 0.3 is 0 Å². The molecule has 2 heterocycles. The number of fused-ring (bicyclic) bond motifs is 1. The number of hydrogen-bond donors (Lipinski definition) is 0. The summed E-state index contributed by atoms with van der Waals surface area (Å²) in [6.07, 6.45) is 6.17. The molecular formula is C32H40ClN5O2. The highest BCUT2D eigenvalue weighted by Gasteiger charge is 2.33. The molecule has 2 aromatic carbocycles. The highest BCUT2D eigenvalue weighted by atomic mass is 35.5. The van der Waals surface area contributed by atoms with Crippen molar-refractivity contribution in [1.82, 2.24) is 19.6 Å². The topological polar surface area (TPSA) is 61.7 Å². The van der Waals surface area contributed by atoms with Gasteiger partial charge in [0, 0.05) is 69.4 Å². The molecule has 1 fully saturated rings. The number of benzene rings is 2. The SMILES string of the molecule is CCCC(=O)N1CCCN(Cc2ccccc2)CCN(C(=O)c2cn(CC)nc2C2CC2)Cc2ccc(Cl)cc21. The Hall–Kier alpha value is -3.16. The van der Waals surface area contributed by atoms with Gasteiger partial charge in [-0.3, -0.25) is 19.2 Å². The summed E-state index contributed by atoms with van der Waals surface area (Å²) < 4.78 is 1.88. The number of aryl methyl sites for hydroxylation is 1. The van der Waals surface area contributed by atoms with Gasteiger partial charge in [-0.1, -0.05) is 54.9 Å². The molecule has 7 nitrogen and oxygen atoms in total. The van der Waals surface area contributed by atoms with E-state index < -0.39 is 0 Å². The molecule has 0 unspecified atom stereocenters. The van der Waals surface area contributed by atoms with Crippen LogP contribution in [0.1, 0.15) is 79.0 Å². The number of carbonyl (C=O) groups is 2. The summed E-state index contributed by atoms with van der Waals surface area (Å²) in [4.78, 5) is 33.8. The van der Waals surface area contributed by atoms with Gasteiger partial charge in [0.05, 0.1) is 16.9 Å². The van der Waals surface area contributed by atoms with Crippen molar-refractivity contribution in [3.05, 3.63) is 82.1 Å². The highest BCUT2D eigenvalue weighted by Crippen LogP contribution is 2.41. The van der Waals surface area contributed by atoms with Crippen LogP contribution in [-0.2, 0) is 24.4 Å². The molecule has 3 aromatic rings. The number of rotatable bonds is 7. The van der Waals surface area contributed by atoms with E-state index in [0.717, 1.165) is 68.8 Å². The number of carbonyl (C=O) groups excluding carboxylic acids is 2. The zero-order chi connectivity index (χ0) is 28.1. The quantitative estimate of drug-likeness (QED) is 0.349. The molecule has 1 aliphatic carbocycles. The van der Waals surface area contributed by atoms with Crippen LogP contribution in [0, 0.1) is 0 Å². The fourth-order valence-electron chi connectivity index (χ4n) is 5.53.